The van der Waals surface area contributed by atoms with Crippen molar-refractivity contribution in [2.45, 2.75) is 18.0 Å². The third-order valence-corrected chi connectivity index (χ3v) is 7.03. The van der Waals surface area contributed by atoms with E-state index in [0.29, 0.717) is 28.3 Å². The van der Waals surface area contributed by atoms with Crippen molar-refractivity contribution < 1.29 is 26.4 Å². The van der Waals surface area contributed by atoms with E-state index in [4.69, 9.17) is 5.14 Å². The molecule has 0 radical (unpaired) electrons. The Bertz CT molecular complexity index is 1850. The lowest BCUT2D eigenvalue weighted by molar-refractivity contribution is -0.137. The molecular weight excluding hydrogens is 545 g/mol. The van der Waals surface area contributed by atoms with Crippen LogP contribution in [0.4, 0.5) is 30.4 Å². The van der Waals surface area contributed by atoms with Crippen LogP contribution in [0.25, 0.3) is 16.9 Å². The quantitative estimate of drug-likeness (QED) is 0.253. The zero-order chi connectivity index (χ0) is 28.7. The van der Waals surface area contributed by atoms with Gasteiger partial charge in [0.25, 0.3) is 5.91 Å². The highest BCUT2D eigenvalue weighted by Gasteiger charge is 2.31. The standard InChI is InChI=1S/C27H21F3N6O3S/c1-16-4-5-17(26(37)35-24-14-18(10-11-32-24)27(28,29)30)13-21(16)23-15-33-25-22(3-2-12-36(23)25)34-19-6-8-20(9-7-19)40(31,38)39/h2-15,34H,1H3,(H2,31,38,39)(H,32,35,37). The van der Waals surface area contributed by atoms with Crippen LogP contribution in [-0.2, 0) is 16.2 Å². The fourth-order valence-electron chi connectivity index (χ4n) is 4.09. The number of halogens is 3. The van der Waals surface area contributed by atoms with E-state index in [2.05, 4.69) is 20.6 Å². The minimum absolute atomic E-state index is 0.0115. The maximum atomic E-state index is 13.0. The van der Waals surface area contributed by atoms with Gasteiger partial charge in [-0.05, 0) is 73.2 Å². The Hall–Kier alpha value is -4.75. The molecule has 0 atom stereocenters. The maximum Gasteiger partial charge on any atom is 0.416 e. The lowest BCUT2D eigenvalue weighted by Gasteiger charge is -2.12. The maximum absolute atomic E-state index is 13.0. The van der Waals surface area contributed by atoms with Gasteiger partial charge < -0.3 is 10.6 Å². The lowest BCUT2D eigenvalue weighted by atomic mass is 10.0. The van der Waals surface area contributed by atoms with Crippen molar-refractivity contribution in [2.24, 2.45) is 5.14 Å². The molecule has 4 N–H and O–H groups in total. The highest BCUT2D eigenvalue weighted by molar-refractivity contribution is 7.89. The van der Waals surface area contributed by atoms with Crippen LogP contribution in [0, 0.1) is 6.92 Å². The van der Waals surface area contributed by atoms with Gasteiger partial charge >= 0.3 is 6.18 Å². The molecule has 204 valence electrons. The molecule has 9 nitrogen and oxygen atoms in total. The van der Waals surface area contributed by atoms with Crippen LogP contribution in [0.15, 0.2) is 90.2 Å². The van der Waals surface area contributed by atoms with Gasteiger partial charge in [-0.1, -0.05) is 6.07 Å². The Morgan fingerprint density at radius 2 is 1.75 bits per heavy atom. The van der Waals surface area contributed by atoms with E-state index in [1.165, 1.54) is 12.1 Å². The molecule has 5 aromatic rings. The smallest absolute Gasteiger partial charge is 0.352 e. The number of benzene rings is 2. The molecule has 2 aromatic carbocycles. The normalized spacial score (nSPS) is 11.9. The first-order chi connectivity index (χ1) is 18.9. The van der Waals surface area contributed by atoms with Gasteiger partial charge in [0.1, 0.15) is 5.82 Å². The number of fused-ring (bicyclic) bond motifs is 1. The van der Waals surface area contributed by atoms with Crippen LogP contribution in [0.1, 0.15) is 21.5 Å². The molecule has 0 aliphatic heterocycles. The lowest BCUT2D eigenvalue weighted by Crippen LogP contribution is -2.14. The van der Waals surface area contributed by atoms with Gasteiger partial charge in [-0.3, -0.25) is 9.20 Å². The number of carbonyl (C=O) groups is 1. The summed E-state index contributed by atoms with van der Waals surface area (Å²) in [6.45, 7) is 1.86. The summed E-state index contributed by atoms with van der Waals surface area (Å²) in [7, 11) is -3.82. The Kier molecular flexibility index (Phi) is 6.77. The molecule has 5 rings (SSSR count). The topological polar surface area (TPSA) is 131 Å². The first kappa shape index (κ1) is 26.8. The summed E-state index contributed by atoms with van der Waals surface area (Å²) in [5.74, 6) is -0.836. The molecule has 0 aliphatic rings. The summed E-state index contributed by atoms with van der Waals surface area (Å²) in [6.07, 6.45) is -0.142. The van der Waals surface area contributed by atoms with Crippen molar-refractivity contribution in [2.75, 3.05) is 10.6 Å². The largest absolute Gasteiger partial charge is 0.416 e. The molecule has 0 bridgehead atoms. The molecular formula is C27H21F3N6O3S. The number of nitrogens with two attached hydrogens (primary N) is 1. The Balaban J connectivity index is 1.44. The Morgan fingerprint density at radius 1 is 1.00 bits per heavy atom. The fourth-order valence-corrected chi connectivity index (χ4v) is 4.61. The highest BCUT2D eigenvalue weighted by Crippen LogP contribution is 2.31. The van der Waals surface area contributed by atoms with Gasteiger partial charge in [-0.25, -0.2) is 23.5 Å². The van der Waals surface area contributed by atoms with Crippen LogP contribution in [0.2, 0.25) is 0 Å². The van der Waals surface area contributed by atoms with Gasteiger partial charge in [0.2, 0.25) is 10.0 Å². The number of primary sulfonamides is 1. The number of anilines is 3. The van der Waals surface area contributed by atoms with Crippen molar-refractivity contribution in [3.63, 3.8) is 0 Å². The summed E-state index contributed by atoms with van der Waals surface area (Å²) < 4.78 is 64.0. The predicted octanol–water partition coefficient (Wildman–Crippen LogP) is 5.37. The summed E-state index contributed by atoms with van der Waals surface area (Å²) in [6, 6.07) is 16.1. The number of pyridine rings is 2. The molecule has 40 heavy (non-hydrogen) atoms. The minimum Gasteiger partial charge on any atom is -0.352 e. The number of carbonyl (C=O) groups excluding carboxylic acids is 1. The number of aromatic nitrogens is 3. The molecule has 0 spiro atoms. The summed E-state index contributed by atoms with van der Waals surface area (Å²) in [4.78, 5) is 21.2. The number of rotatable bonds is 6. The van der Waals surface area contributed by atoms with E-state index in [9.17, 15) is 26.4 Å². The van der Waals surface area contributed by atoms with E-state index >= 15 is 0 Å². The molecule has 0 saturated carbocycles. The summed E-state index contributed by atoms with van der Waals surface area (Å²) >= 11 is 0. The monoisotopic (exact) mass is 566 g/mol. The first-order valence-electron chi connectivity index (χ1n) is 11.7. The van der Waals surface area contributed by atoms with E-state index < -0.39 is 27.7 Å². The van der Waals surface area contributed by atoms with Crippen molar-refractivity contribution in [3.05, 3.63) is 102 Å². The van der Waals surface area contributed by atoms with Gasteiger partial charge in [0.05, 0.1) is 28.0 Å². The molecule has 13 heteroatoms. The van der Waals surface area contributed by atoms with Crippen molar-refractivity contribution in [3.8, 4) is 11.3 Å². The third kappa shape index (κ3) is 5.51. The van der Waals surface area contributed by atoms with E-state index in [-0.39, 0.29) is 16.3 Å². The SMILES string of the molecule is Cc1ccc(C(=O)Nc2cc(C(F)(F)F)ccn2)cc1-c1cnc2c(Nc3ccc(S(N)(=O)=O)cc3)cccn12. The highest BCUT2D eigenvalue weighted by atomic mass is 32.2. The second-order valence-electron chi connectivity index (χ2n) is 8.86. The summed E-state index contributed by atoms with van der Waals surface area (Å²) in [5, 5.41) is 10.8. The molecule has 0 fully saturated rings. The van der Waals surface area contributed by atoms with Gasteiger partial charge in [0.15, 0.2) is 5.65 Å². The van der Waals surface area contributed by atoms with E-state index in [1.54, 1.807) is 54.9 Å². The van der Waals surface area contributed by atoms with E-state index in [0.717, 1.165) is 23.9 Å². The van der Waals surface area contributed by atoms with E-state index in [1.807, 2.05) is 11.3 Å². The van der Waals surface area contributed by atoms with Crippen LogP contribution < -0.4 is 15.8 Å². The van der Waals surface area contributed by atoms with Crippen molar-refractivity contribution in [1.29, 1.82) is 0 Å². The zero-order valence-electron chi connectivity index (χ0n) is 20.8. The van der Waals surface area contributed by atoms with Crippen LogP contribution in [0.5, 0.6) is 0 Å². The van der Waals surface area contributed by atoms with Gasteiger partial charge in [-0.2, -0.15) is 13.2 Å². The number of alkyl halides is 3. The second kappa shape index (κ2) is 10.1. The number of amides is 1. The van der Waals surface area contributed by atoms with Crippen molar-refractivity contribution >= 4 is 38.8 Å². The number of hydrogen-bond acceptors (Lipinski definition) is 6. The number of hydrogen-bond donors (Lipinski definition) is 3. The Labute approximate surface area is 226 Å². The Morgan fingerprint density at radius 3 is 2.45 bits per heavy atom. The molecule has 1 amide bonds. The molecule has 0 saturated heterocycles. The average molecular weight is 567 g/mol. The third-order valence-electron chi connectivity index (χ3n) is 6.10. The second-order valence-corrected chi connectivity index (χ2v) is 10.4. The summed E-state index contributed by atoms with van der Waals surface area (Å²) in [5.41, 5.74) is 3.32. The molecule has 0 aliphatic carbocycles. The molecule has 3 heterocycles. The van der Waals surface area contributed by atoms with Crippen molar-refractivity contribution in [1.82, 2.24) is 14.4 Å². The fraction of sp³-hybridized carbons (Fsp3) is 0.0741. The molecule has 0 unspecified atom stereocenters. The average Bonchev–Trinajstić information content (AvgIpc) is 3.33. The predicted molar refractivity (Wildman–Crippen MR) is 144 cm³/mol. The zero-order valence-corrected chi connectivity index (χ0v) is 21.6. The number of nitrogens with one attached hydrogen (secondary N) is 2. The molecule has 3 aromatic heterocycles. The van der Waals surface area contributed by atoms with Crippen LogP contribution >= 0.6 is 0 Å². The van der Waals surface area contributed by atoms with Crippen LogP contribution in [0.3, 0.4) is 0 Å². The minimum atomic E-state index is -4.56. The first-order valence-corrected chi connectivity index (χ1v) is 13.3. The number of nitrogens with zero attached hydrogens (tertiary/aromatic N) is 3. The number of aryl methyl sites for hydroxylation is 1. The van der Waals surface area contributed by atoms with Crippen LogP contribution in [-0.4, -0.2) is 28.7 Å². The number of imidazole rings is 1. The number of sulfonamides is 1. The van der Waals surface area contributed by atoms with Gasteiger partial charge in [0, 0.05) is 29.2 Å². The van der Waals surface area contributed by atoms with Gasteiger partial charge in [-0.15, -0.1) is 0 Å².